The second-order valence-electron chi connectivity index (χ2n) is 8.95. The lowest BCUT2D eigenvalue weighted by molar-refractivity contribution is -0.132. The number of phenolic OH excluding ortho intramolecular Hbond substituents is 2. The molecule has 0 saturated carbocycles. The number of phenols is 2. The molecule has 0 aliphatic heterocycles. The van der Waals surface area contributed by atoms with Gasteiger partial charge in [0.1, 0.15) is 22.8 Å². The maximum absolute atomic E-state index is 13.6. The molecule has 0 spiro atoms. The summed E-state index contributed by atoms with van der Waals surface area (Å²) in [5.74, 6) is -6.27. The number of amides is 1. The first-order chi connectivity index (χ1) is 15.3. The largest absolute Gasteiger partial charge is 0.508 e. The van der Waals surface area contributed by atoms with Crippen LogP contribution in [0.2, 0.25) is 0 Å². The smallest absolute Gasteiger partial charge is 0.255 e. The number of fused-ring (bicyclic) bond motifs is 3. The zero-order chi connectivity index (χ0) is 24.6. The predicted octanol–water partition coefficient (Wildman–Crippen LogP) is 0.213. The lowest BCUT2D eigenvalue weighted by Gasteiger charge is -2.47. The van der Waals surface area contributed by atoms with Gasteiger partial charge in [0.25, 0.3) is 5.91 Å². The van der Waals surface area contributed by atoms with E-state index in [1.807, 2.05) is 0 Å². The van der Waals surface area contributed by atoms with Crippen LogP contribution in [0.25, 0.3) is 10.8 Å². The topological polar surface area (TPSA) is 165 Å². The number of carbonyl (C=O) groups is 3. The van der Waals surface area contributed by atoms with Gasteiger partial charge in [-0.1, -0.05) is 0 Å². The van der Waals surface area contributed by atoms with E-state index in [0.717, 1.165) is 0 Å². The van der Waals surface area contributed by atoms with Gasteiger partial charge in [0.15, 0.2) is 11.4 Å². The summed E-state index contributed by atoms with van der Waals surface area (Å²) in [6.07, 6.45) is -0.0751. The summed E-state index contributed by atoms with van der Waals surface area (Å²) in [5.41, 5.74) is 2.49. The van der Waals surface area contributed by atoms with E-state index in [4.69, 9.17) is 5.73 Å². The van der Waals surface area contributed by atoms with Crippen molar-refractivity contribution in [3.8, 4) is 11.5 Å². The normalized spacial score (nSPS) is 24.8. The SMILES string of the molecule is CN(C)c1ccc(O)c2c(O)c3c(cc12)C[C@H]1[C@@H](N(C)C)C(=O)C(C(N)=O)=C(O)[C@@]1(O)C3=O. The average molecular weight is 455 g/mol. The molecule has 33 heavy (non-hydrogen) atoms. The molecule has 10 heteroatoms. The minimum atomic E-state index is -2.67. The number of hydrogen-bond acceptors (Lipinski definition) is 9. The number of aromatic hydroxyl groups is 2. The summed E-state index contributed by atoms with van der Waals surface area (Å²) in [6.45, 7) is 0. The van der Waals surface area contributed by atoms with E-state index >= 15 is 0 Å². The molecule has 0 saturated heterocycles. The Balaban J connectivity index is 2.09. The molecule has 0 bridgehead atoms. The van der Waals surface area contributed by atoms with Crippen molar-refractivity contribution in [2.24, 2.45) is 11.7 Å². The van der Waals surface area contributed by atoms with Crippen molar-refractivity contribution < 1.29 is 34.8 Å². The molecule has 6 N–H and O–H groups in total. The van der Waals surface area contributed by atoms with Gasteiger partial charge in [-0.3, -0.25) is 19.3 Å². The first kappa shape index (κ1) is 22.6. The van der Waals surface area contributed by atoms with Crippen LogP contribution in [0.3, 0.4) is 0 Å². The van der Waals surface area contributed by atoms with Gasteiger partial charge >= 0.3 is 0 Å². The van der Waals surface area contributed by atoms with Crippen LogP contribution in [0.4, 0.5) is 5.69 Å². The Morgan fingerprint density at radius 3 is 2.30 bits per heavy atom. The van der Waals surface area contributed by atoms with Gasteiger partial charge in [0.2, 0.25) is 5.78 Å². The maximum atomic E-state index is 13.6. The Morgan fingerprint density at radius 1 is 1.12 bits per heavy atom. The minimum Gasteiger partial charge on any atom is -0.508 e. The van der Waals surface area contributed by atoms with Gasteiger partial charge in [-0.25, -0.2) is 0 Å². The van der Waals surface area contributed by atoms with E-state index in [1.54, 1.807) is 45.2 Å². The van der Waals surface area contributed by atoms with Crippen LogP contribution >= 0.6 is 0 Å². The fraction of sp³-hybridized carbons (Fsp3) is 0.348. The molecular weight excluding hydrogens is 430 g/mol. The van der Waals surface area contributed by atoms with Gasteiger partial charge in [-0.05, 0) is 44.3 Å². The Morgan fingerprint density at radius 2 is 1.76 bits per heavy atom. The van der Waals surface area contributed by atoms with E-state index in [0.29, 0.717) is 16.6 Å². The third-order valence-electron chi connectivity index (χ3n) is 6.64. The number of benzene rings is 2. The number of nitrogens with two attached hydrogens (primary N) is 1. The van der Waals surface area contributed by atoms with E-state index in [2.05, 4.69) is 0 Å². The van der Waals surface area contributed by atoms with Crippen LogP contribution in [0, 0.1) is 5.92 Å². The first-order valence-corrected chi connectivity index (χ1v) is 10.2. The summed E-state index contributed by atoms with van der Waals surface area (Å²) in [6, 6.07) is 3.52. The average Bonchev–Trinajstić information content (AvgIpc) is 2.70. The van der Waals surface area contributed by atoms with Crippen molar-refractivity contribution in [1.82, 2.24) is 4.90 Å². The number of hydrogen-bond donors (Lipinski definition) is 5. The van der Waals surface area contributed by atoms with E-state index in [9.17, 15) is 34.8 Å². The van der Waals surface area contributed by atoms with Crippen LogP contribution in [0.5, 0.6) is 11.5 Å². The van der Waals surface area contributed by atoms with Crippen molar-refractivity contribution in [2.45, 2.75) is 18.1 Å². The summed E-state index contributed by atoms with van der Waals surface area (Å²) >= 11 is 0. The lowest BCUT2D eigenvalue weighted by Crippen LogP contribution is -2.64. The molecule has 0 aromatic heterocycles. The molecule has 2 aliphatic rings. The van der Waals surface area contributed by atoms with Gasteiger partial charge in [-0.2, -0.15) is 0 Å². The molecule has 3 atom stereocenters. The molecule has 1 amide bonds. The van der Waals surface area contributed by atoms with Crippen LogP contribution in [-0.2, 0) is 16.0 Å². The van der Waals surface area contributed by atoms with Crippen molar-refractivity contribution in [3.63, 3.8) is 0 Å². The predicted molar refractivity (Wildman–Crippen MR) is 119 cm³/mol. The number of primary amides is 1. The number of aliphatic hydroxyl groups is 2. The molecule has 2 aliphatic carbocycles. The summed E-state index contributed by atoms with van der Waals surface area (Å²) in [5, 5.41) is 44.3. The third kappa shape index (κ3) is 2.84. The maximum Gasteiger partial charge on any atom is 0.255 e. The minimum absolute atomic E-state index is 0.00462. The third-order valence-corrected chi connectivity index (χ3v) is 6.64. The Kier molecular flexibility index (Phi) is 4.91. The summed E-state index contributed by atoms with van der Waals surface area (Å²) in [7, 11) is 6.65. The van der Waals surface area contributed by atoms with Gasteiger partial charge in [0.05, 0.1) is 17.0 Å². The van der Waals surface area contributed by atoms with Crippen molar-refractivity contribution in [2.75, 3.05) is 33.1 Å². The standard InChI is InChI=1S/C23H25N3O7/c1-25(2)12-5-6-13(27)15-10(12)7-9-8-11-17(26(3)4)19(29)16(22(24)32)21(31)23(11,33)20(30)14(9)18(15)28/h5-7,11,17,27-28,31,33H,8H2,1-4H3,(H2,24,32)/t11-,17+,23-/m0/s1. The number of likely N-dealkylation sites (N-methyl/N-ethyl adjacent to an activating group) is 1. The highest BCUT2D eigenvalue weighted by molar-refractivity contribution is 6.25. The summed E-state index contributed by atoms with van der Waals surface area (Å²) in [4.78, 5) is 41.8. The fourth-order valence-electron chi connectivity index (χ4n) is 5.16. The molecule has 4 rings (SSSR count). The van der Waals surface area contributed by atoms with Crippen LogP contribution < -0.4 is 10.6 Å². The van der Waals surface area contributed by atoms with Crippen LogP contribution in [-0.4, -0.2) is 82.6 Å². The van der Waals surface area contributed by atoms with Crippen molar-refractivity contribution in [3.05, 3.63) is 40.7 Å². The molecule has 0 unspecified atom stereocenters. The molecule has 0 heterocycles. The Bertz CT molecular complexity index is 1280. The molecule has 2 aromatic carbocycles. The number of nitrogens with zero attached hydrogens (tertiary/aromatic N) is 2. The number of anilines is 1. The molecule has 10 nitrogen and oxygen atoms in total. The Hall–Kier alpha value is -3.63. The number of aliphatic hydroxyl groups excluding tert-OH is 1. The van der Waals surface area contributed by atoms with Crippen LogP contribution in [0.1, 0.15) is 15.9 Å². The van der Waals surface area contributed by atoms with E-state index < -0.39 is 52.1 Å². The zero-order valence-corrected chi connectivity index (χ0v) is 18.6. The molecule has 0 radical (unpaired) electrons. The molecule has 2 aromatic rings. The number of Topliss-reactive ketones (excluding diaryl/α,β-unsaturated/α-hetero) is 2. The van der Waals surface area contributed by atoms with Gasteiger partial charge in [0, 0.05) is 31.1 Å². The monoisotopic (exact) mass is 455 g/mol. The number of carbonyl (C=O) groups excluding carboxylic acids is 3. The van der Waals surface area contributed by atoms with E-state index in [1.165, 1.54) is 11.0 Å². The highest BCUT2D eigenvalue weighted by Gasteiger charge is 2.62. The first-order valence-electron chi connectivity index (χ1n) is 10.2. The number of ketones is 2. The van der Waals surface area contributed by atoms with Gasteiger partial charge < -0.3 is 31.1 Å². The molecule has 0 fully saturated rings. The van der Waals surface area contributed by atoms with E-state index in [-0.39, 0.29) is 23.1 Å². The summed E-state index contributed by atoms with van der Waals surface area (Å²) < 4.78 is 0. The second kappa shape index (κ2) is 7.19. The van der Waals surface area contributed by atoms with Crippen LogP contribution in [0.15, 0.2) is 29.5 Å². The molecular formula is C23H25N3O7. The second-order valence-corrected chi connectivity index (χ2v) is 8.95. The quantitative estimate of drug-likeness (QED) is 0.407. The lowest BCUT2D eigenvalue weighted by atomic mass is 9.62. The highest BCUT2D eigenvalue weighted by Crippen LogP contribution is 2.50. The number of rotatable bonds is 3. The van der Waals surface area contributed by atoms with Gasteiger partial charge in [-0.15, -0.1) is 0 Å². The zero-order valence-electron chi connectivity index (χ0n) is 18.6. The Labute approximate surface area is 189 Å². The van der Waals surface area contributed by atoms with Crippen molar-refractivity contribution in [1.29, 1.82) is 0 Å². The highest BCUT2D eigenvalue weighted by atomic mass is 16.3. The fourth-order valence-corrected chi connectivity index (χ4v) is 5.16. The molecule has 174 valence electrons. The van der Waals surface area contributed by atoms with Crippen molar-refractivity contribution >= 4 is 33.9 Å².